The number of nitrogens with zero attached hydrogens (tertiary/aromatic N) is 4. The molecule has 32 nitrogen and oxygen atoms in total. The molecule has 0 fully saturated rings. The Balaban J connectivity index is -0.000000646. The fourth-order valence-corrected chi connectivity index (χ4v) is 7.89. The van der Waals surface area contributed by atoms with Crippen molar-refractivity contribution in [1.29, 1.82) is 0 Å². The molecule has 0 spiro atoms. The number of amides is 4. The van der Waals surface area contributed by atoms with Crippen molar-refractivity contribution in [1.82, 2.24) is 24.9 Å². The van der Waals surface area contributed by atoms with E-state index in [1.54, 1.807) is 55.4 Å². The van der Waals surface area contributed by atoms with Crippen LogP contribution in [0.4, 0.5) is 0 Å². The molecule has 0 saturated heterocycles. The zero-order chi connectivity index (χ0) is 76.1. The summed E-state index contributed by atoms with van der Waals surface area (Å²) in [5.74, 6) is -6.61. The van der Waals surface area contributed by atoms with Gasteiger partial charge < -0.3 is 88.0 Å². The Hall–Kier alpha value is -7.42. The van der Waals surface area contributed by atoms with Crippen LogP contribution in [-0.4, -0.2) is 262 Å². The van der Waals surface area contributed by atoms with Gasteiger partial charge in [0.1, 0.15) is 73.0 Å². The molecule has 32 heteroatoms. The van der Waals surface area contributed by atoms with Crippen LogP contribution in [0, 0.1) is 0 Å². The van der Waals surface area contributed by atoms with Gasteiger partial charge in [0.2, 0.25) is 23.6 Å². The van der Waals surface area contributed by atoms with Crippen LogP contribution in [0.5, 0.6) is 0 Å². The van der Waals surface area contributed by atoms with Crippen molar-refractivity contribution in [2.75, 3.05) is 105 Å². The second-order valence-corrected chi connectivity index (χ2v) is 26.0. The average Bonchev–Trinajstić information content (AvgIpc) is 0.911. The number of esters is 10. The molecule has 0 atom stereocenters. The predicted molar refractivity (Wildman–Crippen MR) is 349 cm³/mol. The van der Waals surface area contributed by atoms with Crippen molar-refractivity contribution in [2.45, 2.75) is 230 Å². The van der Waals surface area contributed by atoms with Gasteiger partial charge in [-0.3, -0.25) is 67.1 Å². The third kappa shape index (κ3) is 57.4. The number of carbonyl (C=O) groups excluding carboxylic acids is 14. The maximum absolute atomic E-state index is 12.4. The number of aliphatic hydroxyl groups excluding tert-OH is 4. The van der Waals surface area contributed by atoms with Crippen LogP contribution in [0.1, 0.15) is 196 Å². The van der Waals surface area contributed by atoms with E-state index in [1.165, 1.54) is 75.0 Å². The highest BCUT2D eigenvalue weighted by molar-refractivity contribution is 5.84. The lowest BCUT2D eigenvalue weighted by atomic mass is 9.93. The van der Waals surface area contributed by atoms with E-state index in [0.29, 0.717) is 64.3 Å². The Morgan fingerprint density at radius 2 is 0.577 bits per heavy atom. The standard InChI is InChI=1S/C24H40N2O10.C20H36N2O8.C17H33NO6.C4H6O3/c1-17(27)25(11-13-33-19(3)29)15-21(31)35-23(5,6)9-10-24(7,8)36-22(32)16-26(18(2)28)12-14-34-20(4)30;1-15(25)21(9-11-23)13-17(27)29-19(3,4)7-8-20(5,6)30-18(28)14-22(10-12-24)16(2)26;1-16(2,23-14(21)7-5-6-11-19)8-9-17(3,4)24-15(22)13-18-10-12-20;1-3(5)7-4(2)6/h9-16H2,1-8H3;23-24H,7-14H2,1-6H3;18-20H,5-13H2,1-4H3;1-2H3. The van der Waals surface area contributed by atoms with Gasteiger partial charge in [0.15, 0.2) is 0 Å². The topological polar surface area (TPSA) is 428 Å². The third-order valence-electron chi connectivity index (χ3n) is 13.1. The van der Waals surface area contributed by atoms with Crippen LogP contribution in [-0.2, 0) is 110 Å². The Labute approximate surface area is 571 Å². The lowest BCUT2D eigenvalue weighted by Crippen LogP contribution is -2.42. The van der Waals surface area contributed by atoms with E-state index in [9.17, 15) is 67.1 Å². The van der Waals surface area contributed by atoms with Crippen LogP contribution >= 0.6 is 0 Å². The molecule has 0 aromatic heterocycles. The molecule has 0 aliphatic carbocycles. The van der Waals surface area contributed by atoms with Gasteiger partial charge in [-0.1, -0.05) is 0 Å². The first kappa shape index (κ1) is 96.0. The number of nitrogens with one attached hydrogen (secondary N) is 1. The quantitative estimate of drug-likeness (QED) is 0.0254. The lowest BCUT2D eigenvalue weighted by Gasteiger charge is -2.32. The molecule has 0 aromatic carbocycles. The van der Waals surface area contributed by atoms with Crippen LogP contribution in [0.2, 0.25) is 0 Å². The SMILES string of the molecule is CC(=O)N(CCO)CC(=O)OC(C)(C)CCC(C)(C)OC(=O)CN(CCO)C(C)=O.CC(=O)OC(C)=O.CC(=O)OCCN(CC(=O)OC(C)(C)CCC(C)(C)OC(=O)CN(CCOC(C)=O)C(C)=O)C(C)=O.CC(C)(CCC(C)(C)OC(=O)CNCCO)OC(=O)CCCCO. The van der Waals surface area contributed by atoms with E-state index >= 15 is 0 Å². The molecule has 0 radical (unpaired) electrons. The monoisotopic (exact) mass is 1400 g/mol. The molecule has 0 saturated carbocycles. The summed E-state index contributed by atoms with van der Waals surface area (Å²) in [5, 5.41) is 38.1. The summed E-state index contributed by atoms with van der Waals surface area (Å²) in [5.41, 5.74) is -4.90. The highest BCUT2D eigenvalue weighted by Gasteiger charge is 2.34. The largest absolute Gasteiger partial charge is 0.464 e. The Morgan fingerprint density at radius 3 is 0.794 bits per heavy atom. The minimum atomic E-state index is -0.922. The molecule has 0 aliphatic heterocycles. The summed E-state index contributed by atoms with van der Waals surface area (Å²) >= 11 is 0. The Morgan fingerprint density at radius 1 is 0.320 bits per heavy atom. The van der Waals surface area contributed by atoms with Gasteiger partial charge in [0.05, 0.1) is 39.5 Å². The smallest absolute Gasteiger partial charge is 0.326 e. The van der Waals surface area contributed by atoms with Gasteiger partial charge in [0.25, 0.3) is 0 Å². The van der Waals surface area contributed by atoms with Crippen molar-refractivity contribution in [3.8, 4) is 0 Å². The molecule has 0 heterocycles. The molecular weight excluding hydrogens is 1280 g/mol. The zero-order valence-electron chi connectivity index (χ0n) is 61.1. The zero-order valence-corrected chi connectivity index (χ0v) is 61.1. The molecule has 0 unspecified atom stereocenters. The number of aliphatic hydroxyl groups is 4. The summed E-state index contributed by atoms with van der Waals surface area (Å²) in [6, 6.07) is 0. The number of ether oxygens (including phenoxy) is 9. The molecule has 0 aliphatic rings. The van der Waals surface area contributed by atoms with Crippen molar-refractivity contribution in [3.63, 3.8) is 0 Å². The number of hydrogen-bond acceptors (Lipinski definition) is 28. The number of unbranched alkanes of at least 4 members (excludes halogenated alkanes) is 1. The summed E-state index contributed by atoms with van der Waals surface area (Å²) in [6.45, 7) is 30.0. The molecular formula is C65H115N5O27. The minimum absolute atomic E-state index is 0.0318. The highest BCUT2D eigenvalue weighted by Crippen LogP contribution is 2.28. The summed E-state index contributed by atoms with van der Waals surface area (Å²) in [7, 11) is 0. The predicted octanol–water partition coefficient (Wildman–Crippen LogP) is 2.58. The third-order valence-corrected chi connectivity index (χ3v) is 13.1. The van der Waals surface area contributed by atoms with E-state index in [-0.39, 0.29) is 134 Å². The van der Waals surface area contributed by atoms with Gasteiger partial charge in [-0.25, -0.2) is 0 Å². The van der Waals surface area contributed by atoms with Crippen molar-refractivity contribution < 1.29 is 130 Å². The number of carbonyl (C=O) groups is 14. The van der Waals surface area contributed by atoms with Gasteiger partial charge in [-0.2, -0.15) is 0 Å². The second kappa shape index (κ2) is 49.1. The minimum Gasteiger partial charge on any atom is -0.464 e. The van der Waals surface area contributed by atoms with Crippen molar-refractivity contribution in [3.05, 3.63) is 0 Å². The van der Waals surface area contributed by atoms with Gasteiger partial charge in [-0.15, -0.1) is 0 Å². The Kier molecular flexibility index (Phi) is 48.6. The lowest BCUT2D eigenvalue weighted by molar-refractivity contribution is -0.167. The molecule has 0 bridgehead atoms. The Bertz CT molecular complexity index is 2330. The second-order valence-electron chi connectivity index (χ2n) is 26.0. The van der Waals surface area contributed by atoms with Crippen LogP contribution in [0.15, 0.2) is 0 Å². The highest BCUT2D eigenvalue weighted by atomic mass is 16.6. The molecule has 5 N–H and O–H groups in total. The number of rotatable bonds is 41. The summed E-state index contributed by atoms with van der Waals surface area (Å²) in [6.07, 6.45) is 4.04. The normalized spacial score (nSPS) is 11.3. The summed E-state index contributed by atoms with van der Waals surface area (Å²) in [4.78, 5) is 165. The van der Waals surface area contributed by atoms with Crippen LogP contribution < -0.4 is 5.32 Å². The summed E-state index contributed by atoms with van der Waals surface area (Å²) < 4.78 is 46.4. The van der Waals surface area contributed by atoms with Crippen LogP contribution in [0.25, 0.3) is 0 Å². The maximum atomic E-state index is 12.4. The molecule has 97 heavy (non-hydrogen) atoms. The van der Waals surface area contributed by atoms with Gasteiger partial charge in [-0.05, 0) is 134 Å². The first-order valence-corrected chi connectivity index (χ1v) is 31.8. The van der Waals surface area contributed by atoms with Gasteiger partial charge in [0, 0.05) is 88.1 Å². The van der Waals surface area contributed by atoms with E-state index in [0.717, 1.165) is 0 Å². The first-order valence-electron chi connectivity index (χ1n) is 31.8. The first-order chi connectivity index (χ1) is 44.4. The fourth-order valence-electron chi connectivity index (χ4n) is 7.89. The van der Waals surface area contributed by atoms with Crippen molar-refractivity contribution >= 4 is 83.3 Å². The molecule has 4 amide bonds. The fraction of sp³-hybridized carbons (Fsp3) is 0.785. The average molecular weight is 1400 g/mol. The number of hydrogen-bond donors (Lipinski definition) is 5. The maximum Gasteiger partial charge on any atom is 0.326 e. The van der Waals surface area contributed by atoms with E-state index in [4.69, 9.17) is 58.3 Å². The van der Waals surface area contributed by atoms with Crippen LogP contribution in [0.3, 0.4) is 0 Å². The van der Waals surface area contributed by atoms with E-state index in [1.807, 2.05) is 27.7 Å². The van der Waals surface area contributed by atoms with Gasteiger partial charge >= 0.3 is 59.7 Å². The van der Waals surface area contributed by atoms with Crippen molar-refractivity contribution in [2.24, 2.45) is 0 Å². The van der Waals surface area contributed by atoms with E-state index in [2.05, 4.69) is 10.1 Å². The molecule has 0 rings (SSSR count). The molecule has 0 aromatic rings. The molecule has 562 valence electrons. The van der Waals surface area contributed by atoms with E-state index < -0.39 is 81.4 Å².